The van der Waals surface area contributed by atoms with Crippen molar-refractivity contribution in [3.05, 3.63) is 35.9 Å². The Kier molecular flexibility index (Phi) is 7.26. The molecule has 0 saturated carbocycles. The van der Waals surface area contributed by atoms with Gasteiger partial charge in [-0.25, -0.2) is 4.57 Å². The van der Waals surface area contributed by atoms with Crippen molar-refractivity contribution in [2.24, 2.45) is 0 Å². The van der Waals surface area contributed by atoms with Gasteiger partial charge in [-0.05, 0) is 24.3 Å². The van der Waals surface area contributed by atoms with Crippen LogP contribution < -0.4 is 0 Å². The van der Waals surface area contributed by atoms with Crippen molar-refractivity contribution in [1.82, 2.24) is 0 Å². The van der Waals surface area contributed by atoms with E-state index in [4.69, 9.17) is 19.2 Å². The highest BCUT2D eigenvalue weighted by Crippen LogP contribution is 2.25. The average molecular weight is 246 g/mol. The van der Waals surface area contributed by atoms with Gasteiger partial charge in [-0.15, -0.1) is 0 Å². The highest BCUT2D eigenvalue weighted by atomic mass is 31.2. The van der Waals surface area contributed by atoms with Crippen LogP contribution in [-0.2, 0) is 4.57 Å². The second kappa shape index (κ2) is 7.58. The molecule has 0 fully saturated rings. The quantitative estimate of drug-likeness (QED) is 0.716. The van der Waals surface area contributed by atoms with Crippen molar-refractivity contribution in [2.45, 2.75) is 32.6 Å². The van der Waals surface area contributed by atoms with Crippen molar-refractivity contribution < 1.29 is 19.2 Å². The van der Waals surface area contributed by atoms with Gasteiger partial charge in [0.25, 0.3) is 0 Å². The average Bonchev–Trinajstić information content (AvgIpc) is 2.19. The summed E-state index contributed by atoms with van der Waals surface area (Å²) in [7, 11) is -4.64. The van der Waals surface area contributed by atoms with Gasteiger partial charge < -0.3 is 14.7 Å². The van der Waals surface area contributed by atoms with E-state index in [1.807, 2.05) is 0 Å². The van der Waals surface area contributed by atoms with Crippen LogP contribution >= 0.6 is 7.82 Å². The van der Waals surface area contributed by atoms with Gasteiger partial charge in [-0.2, -0.15) is 0 Å². The minimum Gasteiger partial charge on any atom is -0.303 e. The van der Waals surface area contributed by atoms with Crippen LogP contribution in [0.2, 0.25) is 0 Å². The largest absolute Gasteiger partial charge is 0.466 e. The van der Waals surface area contributed by atoms with E-state index < -0.39 is 7.82 Å². The molecule has 1 aromatic rings. The van der Waals surface area contributed by atoms with Crippen LogP contribution in [0.4, 0.5) is 0 Å². The SMILES string of the molecule is CCC(CC)c1ccccc1.O=P(O)(O)O. The highest BCUT2D eigenvalue weighted by molar-refractivity contribution is 7.45. The van der Waals surface area contributed by atoms with Crippen molar-refractivity contribution in [3.8, 4) is 0 Å². The lowest BCUT2D eigenvalue weighted by Gasteiger charge is -2.11. The lowest BCUT2D eigenvalue weighted by atomic mass is 9.94. The van der Waals surface area contributed by atoms with E-state index in [9.17, 15) is 0 Å². The molecule has 1 rings (SSSR count). The van der Waals surface area contributed by atoms with Crippen molar-refractivity contribution in [3.63, 3.8) is 0 Å². The molecule has 5 heteroatoms. The van der Waals surface area contributed by atoms with Crippen LogP contribution in [0, 0.1) is 0 Å². The van der Waals surface area contributed by atoms with Gasteiger partial charge in [-0.3, -0.25) is 0 Å². The Labute approximate surface area is 96.2 Å². The molecular formula is C11H19O4P. The highest BCUT2D eigenvalue weighted by Gasteiger charge is 2.04. The van der Waals surface area contributed by atoms with E-state index in [-0.39, 0.29) is 0 Å². The summed E-state index contributed by atoms with van der Waals surface area (Å²) in [6, 6.07) is 10.8. The molecule has 92 valence electrons. The van der Waals surface area contributed by atoms with Crippen LogP contribution in [0.25, 0.3) is 0 Å². The topological polar surface area (TPSA) is 77.8 Å². The van der Waals surface area contributed by atoms with Gasteiger partial charge >= 0.3 is 7.82 Å². The van der Waals surface area contributed by atoms with Crippen molar-refractivity contribution in [2.75, 3.05) is 0 Å². The number of hydrogen-bond acceptors (Lipinski definition) is 1. The first-order valence-corrected chi connectivity index (χ1v) is 6.78. The van der Waals surface area contributed by atoms with E-state index in [0.29, 0.717) is 0 Å². The summed E-state index contributed by atoms with van der Waals surface area (Å²) in [5.74, 6) is 0.760. The van der Waals surface area contributed by atoms with E-state index >= 15 is 0 Å². The molecule has 0 atom stereocenters. The summed E-state index contributed by atoms with van der Waals surface area (Å²) < 4.78 is 8.88. The number of hydrogen-bond donors (Lipinski definition) is 3. The predicted molar refractivity (Wildman–Crippen MR) is 64.0 cm³/mol. The molecule has 4 nitrogen and oxygen atoms in total. The summed E-state index contributed by atoms with van der Waals surface area (Å²) in [6.45, 7) is 4.50. The zero-order chi connectivity index (χ0) is 12.6. The van der Waals surface area contributed by atoms with Gasteiger partial charge in [0.2, 0.25) is 0 Å². The Hall–Kier alpha value is -0.670. The molecule has 0 aliphatic heterocycles. The fraction of sp³-hybridized carbons (Fsp3) is 0.455. The van der Waals surface area contributed by atoms with Gasteiger partial charge in [-0.1, -0.05) is 44.2 Å². The molecular weight excluding hydrogens is 227 g/mol. The standard InChI is InChI=1S/C11H16.H3O4P/c1-3-10(4-2)11-8-6-5-7-9-11;1-5(2,3)4/h5-10H,3-4H2,1-2H3;(H3,1,2,3,4). The molecule has 0 amide bonds. The van der Waals surface area contributed by atoms with E-state index in [1.165, 1.54) is 18.4 Å². The fourth-order valence-corrected chi connectivity index (χ4v) is 1.49. The molecule has 0 aliphatic rings. The molecule has 0 unspecified atom stereocenters. The van der Waals surface area contributed by atoms with Gasteiger partial charge in [0.15, 0.2) is 0 Å². The molecule has 0 heterocycles. The fourth-order valence-electron chi connectivity index (χ4n) is 1.49. The minimum absolute atomic E-state index is 0.760. The molecule has 16 heavy (non-hydrogen) atoms. The second-order valence-electron chi connectivity index (χ2n) is 3.44. The first-order chi connectivity index (χ1) is 7.38. The Morgan fingerprint density at radius 3 is 1.75 bits per heavy atom. The van der Waals surface area contributed by atoms with Crippen LogP contribution in [-0.4, -0.2) is 14.7 Å². The normalized spacial score (nSPS) is 10.9. The molecule has 0 bridgehead atoms. The van der Waals surface area contributed by atoms with Gasteiger partial charge in [0, 0.05) is 0 Å². The first-order valence-electron chi connectivity index (χ1n) is 5.21. The van der Waals surface area contributed by atoms with Crippen molar-refractivity contribution >= 4 is 7.82 Å². The Bertz CT molecular complexity index is 308. The first kappa shape index (κ1) is 15.3. The molecule has 0 aliphatic carbocycles. The third kappa shape index (κ3) is 8.62. The second-order valence-corrected chi connectivity index (χ2v) is 4.46. The summed E-state index contributed by atoms with van der Waals surface area (Å²) in [5.41, 5.74) is 1.48. The summed E-state index contributed by atoms with van der Waals surface area (Å²) in [4.78, 5) is 21.6. The Balaban J connectivity index is 0.000000385. The molecule has 0 spiro atoms. The molecule has 0 saturated heterocycles. The Morgan fingerprint density at radius 1 is 1.06 bits per heavy atom. The maximum atomic E-state index is 8.88. The lowest BCUT2D eigenvalue weighted by Crippen LogP contribution is -1.93. The number of benzene rings is 1. The maximum absolute atomic E-state index is 8.88. The maximum Gasteiger partial charge on any atom is 0.466 e. The van der Waals surface area contributed by atoms with Crippen LogP contribution in [0.15, 0.2) is 30.3 Å². The van der Waals surface area contributed by atoms with Crippen LogP contribution in [0.3, 0.4) is 0 Å². The number of rotatable bonds is 3. The smallest absolute Gasteiger partial charge is 0.303 e. The van der Waals surface area contributed by atoms with E-state index in [2.05, 4.69) is 44.2 Å². The third-order valence-corrected chi connectivity index (χ3v) is 2.26. The van der Waals surface area contributed by atoms with Crippen LogP contribution in [0.5, 0.6) is 0 Å². The summed E-state index contributed by atoms with van der Waals surface area (Å²) >= 11 is 0. The predicted octanol–water partition coefficient (Wildman–Crippen LogP) is 2.66. The van der Waals surface area contributed by atoms with E-state index in [0.717, 1.165) is 5.92 Å². The van der Waals surface area contributed by atoms with Gasteiger partial charge in [0.05, 0.1) is 0 Å². The monoisotopic (exact) mass is 246 g/mol. The molecule has 0 aromatic heterocycles. The van der Waals surface area contributed by atoms with Crippen LogP contribution in [0.1, 0.15) is 38.2 Å². The molecule has 1 aromatic carbocycles. The third-order valence-electron chi connectivity index (χ3n) is 2.26. The zero-order valence-electron chi connectivity index (χ0n) is 9.58. The molecule has 3 N–H and O–H groups in total. The summed E-state index contributed by atoms with van der Waals surface area (Å²) in [5, 5.41) is 0. The number of phosphoric acid groups is 1. The van der Waals surface area contributed by atoms with E-state index in [1.54, 1.807) is 0 Å². The van der Waals surface area contributed by atoms with Gasteiger partial charge in [0.1, 0.15) is 0 Å². The Morgan fingerprint density at radius 2 is 1.44 bits per heavy atom. The lowest BCUT2D eigenvalue weighted by molar-refractivity contribution is 0.275. The zero-order valence-corrected chi connectivity index (χ0v) is 10.5. The minimum atomic E-state index is -4.64. The van der Waals surface area contributed by atoms with Crippen molar-refractivity contribution in [1.29, 1.82) is 0 Å². The molecule has 0 radical (unpaired) electrons. The summed E-state index contributed by atoms with van der Waals surface area (Å²) in [6.07, 6.45) is 2.50.